The standard InChI is InChI=1S/C22H21N3OS2/c1-15-3-7-17(8-4-15)24-13-25-21(26)11-19(20(12-23)22(25)28-14-24)16-5-9-18(27-2)10-6-16/h3-10,19H,11,13-14H2,1-2H3. The Balaban J connectivity index is 1.63. The number of thioether (sulfide) groups is 2. The zero-order valence-corrected chi connectivity index (χ0v) is 17.5. The number of anilines is 1. The summed E-state index contributed by atoms with van der Waals surface area (Å²) in [6, 6.07) is 18.9. The molecule has 142 valence electrons. The van der Waals surface area contributed by atoms with E-state index in [1.807, 2.05) is 18.4 Å². The summed E-state index contributed by atoms with van der Waals surface area (Å²) in [5.74, 6) is 0.654. The molecule has 1 fully saturated rings. The zero-order valence-electron chi connectivity index (χ0n) is 15.9. The summed E-state index contributed by atoms with van der Waals surface area (Å²) in [4.78, 5) is 18.1. The number of nitrogens with zero attached hydrogens (tertiary/aromatic N) is 3. The van der Waals surface area contributed by atoms with Gasteiger partial charge in [-0.25, -0.2) is 0 Å². The predicted octanol–water partition coefficient (Wildman–Crippen LogP) is 4.94. The lowest BCUT2D eigenvalue weighted by molar-refractivity contribution is -0.129. The number of allylic oxidation sites excluding steroid dienone is 1. The van der Waals surface area contributed by atoms with Gasteiger partial charge in [0.25, 0.3) is 0 Å². The number of carbonyl (C=O) groups excluding carboxylic acids is 1. The SMILES string of the molecule is CSc1ccc(C2CC(=O)N3CN(c4ccc(C)cc4)CSC3=C2C#N)cc1. The number of hydrogen-bond acceptors (Lipinski definition) is 5. The third kappa shape index (κ3) is 3.52. The summed E-state index contributed by atoms with van der Waals surface area (Å²) in [7, 11) is 0. The Kier molecular flexibility index (Phi) is 5.38. The highest BCUT2D eigenvalue weighted by atomic mass is 32.2. The number of aryl methyl sites for hydroxylation is 1. The molecule has 2 aliphatic heterocycles. The second-order valence-corrected chi connectivity index (χ2v) is 8.79. The third-order valence-electron chi connectivity index (χ3n) is 5.21. The van der Waals surface area contributed by atoms with E-state index in [4.69, 9.17) is 0 Å². The van der Waals surface area contributed by atoms with Crippen LogP contribution in [0.25, 0.3) is 0 Å². The summed E-state index contributed by atoms with van der Waals surface area (Å²) < 4.78 is 0. The maximum Gasteiger partial charge on any atom is 0.229 e. The molecule has 1 atom stereocenters. The zero-order chi connectivity index (χ0) is 19.7. The molecule has 28 heavy (non-hydrogen) atoms. The molecular weight excluding hydrogens is 386 g/mol. The summed E-state index contributed by atoms with van der Waals surface area (Å²) in [5, 5.41) is 10.7. The van der Waals surface area contributed by atoms with Crippen molar-refractivity contribution in [2.45, 2.75) is 24.2 Å². The minimum absolute atomic E-state index is 0.0808. The Morgan fingerprint density at radius 2 is 1.86 bits per heavy atom. The molecule has 2 aromatic rings. The van der Waals surface area contributed by atoms with Crippen LogP contribution in [0.3, 0.4) is 0 Å². The van der Waals surface area contributed by atoms with E-state index in [0.29, 0.717) is 18.7 Å². The van der Waals surface area contributed by atoms with Crippen LogP contribution in [0.2, 0.25) is 0 Å². The monoisotopic (exact) mass is 407 g/mol. The van der Waals surface area contributed by atoms with Crippen molar-refractivity contribution < 1.29 is 4.79 Å². The highest BCUT2D eigenvalue weighted by Gasteiger charge is 2.38. The smallest absolute Gasteiger partial charge is 0.229 e. The molecule has 1 saturated heterocycles. The van der Waals surface area contributed by atoms with Gasteiger partial charge in [-0.05, 0) is 43.0 Å². The number of amides is 1. The highest BCUT2D eigenvalue weighted by Crippen LogP contribution is 2.43. The summed E-state index contributed by atoms with van der Waals surface area (Å²) in [5.41, 5.74) is 4.06. The first-order valence-corrected chi connectivity index (χ1v) is 11.3. The molecule has 0 aliphatic carbocycles. The molecule has 0 aromatic heterocycles. The van der Waals surface area contributed by atoms with Gasteiger partial charge < -0.3 is 4.90 Å². The van der Waals surface area contributed by atoms with Gasteiger partial charge >= 0.3 is 0 Å². The van der Waals surface area contributed by atoms with Crippen LogP contribution in [0, 0.1) is 18.3 Å². The maximum atomic E-state index is 13.0. The molecule has 0 radical (unpaired) electrons. The van der Waals surface area contributed by atoms with Crippen molar-refractivity contribution in [2.24, 2.45) is 0 Å². The van der Waals surface area contributed by atoms with Gasteiger partial charge in [0.15, 0.2) is 0 Å². The Labute approximate surface area is 174 Å². The van der Waals surface area contributed by atoms with Crippen molar-refractivity contribution in [3.05, 3.63) is 70.3 Å². The topological polar surface area (TPSA) is 47.3 Å². The quantitative estimate of drug-likeness (QED) is 0.675. The molecule has 1 amide bonds. The minimum atomic E-state index is -0.155. The fourth-order valence-electron chi connectivity index (χ4n) is 3.60. The molecule has 4 rings (SSSR count). The molecule has 0 saturated carbocycles. The number of rotatable bonds is 3. The van der Waals surface area contributed by atoms with Crippen molar-refractivity contribution in [2.75, 3.05) is 23.7 Å². The van der Waals surface area contributed by atoms with Gasteiger partial charge in [0.05, 0.1) is 29.2 Å². The number of hydrogen-bond donors (Lipinski definition) is 0. The summed E-state index contributed by atoms with van der Waals surface area (Å²) in [6.07, 6.45) is 2.38. The first-order valence-electron chi connectivity index (χ1n) is 9.13. The van der Waals surface area contributed by atoms with Crippen LogP contribution < -0.4 is 4.90 Å². The third-order valence-corrected chi connectivity index (χ3v) is 7.11. The van der Waals surface area contributed by atoms with Gasteiger partial charge in [0, 0.05) is 22.9 Å². The Morgan fingerprint density at radius 1 is 1.14 bits per heavy atom. The van der Waals surface area contributed by atoms with E-state index < -0.39 is 0 Å². The molecular formula is C22H21N3OS2. The molecule has 1 unspecified atom stereocenters. The van der Waals surface area contributed by atoms with Crippen LogP contribution in [0.15, 0.2) is 64.0 Å². The highest BCUT2D eigenvalue weighted by molar-refractivity contribution is 8.03. The lowest BCUT2D eigenvalue weighted by atomic mass is 9.86. The molecule has 0 bridgehead atoms. The normalized spacial score (nSPS) is 19.5. The largest absolute Gasteiger partial charge is 0.344 e. The Bertz CT molecular complexity index is 961. The number of benzene rings is 2. The van der Waals surface area contributed by atoms with Crippen LogP contribution in [-0.4, -0.2) is 29.6 Å². The van der Waals surface area contributed by atoms with Crippen LogP contribution in [0.5, 0.6) is 0 Å². The van der Waals surface area contributed by atoms with Crippen LogP contribution in [-0.2, 0) is 4.79 Å². The van der Waals surface area contributed by atoms with Crippen molar-refractivity contribution in [1.29, 1.82) is 5.26 Å². The van der Waals surface area contributed by atoms with Gasteiger partial charge in [-0.3, -0.25) is 9.69 Å². The van der Waals surface area contributed by atoms with Crippen molar-refractivity contribution >= 4 is 35.1 Å². The molecule has 0 N–H and O–H groups in total. The molecule has 0 spiro atoms. The lowest BCUT2D eigenvalue weighted by Crippen LogP contribution is -2.47. The number of fused-ring (bicyclic) bond motifs is 1. The lowest BCUT2D eigenvalue weighted by Gasteiger charge is -2.42. The van der Waals surface area contributed by atoms with E-state index in [1.54, 1.807) is 28.4 Å². The van der Waals surface area contributed by atoms with E-state index >= 15 is 0 Å². The van der Waals surface area contributed by atoms with Crippen LogP contribution >= 0.6 is 23.5 Å². The molecule has 2 aromatic carbocycles. The Morgan fingerprint density at radius 3 is 2.50 bits per heavy atom. The number of carbonyl (C=O) groups is 1. The molecule has 4 nitrogen and oxygen atoms in total. The average Bonchev–Trinajstić information content (AvgIpc) is 2.74. The van der Waals surface area contributed by atoms with Gasteiger partial charge in [-0.2, -0.15) is 5.26 Å². The predicted molar refractivity (Wildman–Crippen MR) is 116 cm³/mol. The van der Waals surface area contributed by atoms with Gasteiger partial charge in [-0.15, -0.1) is 11.8 Å². The first-order chi connectivity index (χ1) is 13.6. The van der Waals surface area contributed by atoms with Gasteiger partial charge in [-0.1, -0.05) is 41.6 Å². The van der Waals surface area contributed by atoms with Crippen molar-refractivity contribution in [3.63, 3.8) is 0 Å². The van der Waals surface area contributed by atoms with Crippen molar-refractivity contribution in [3.8, 4) is 6.07 Å². The number of nitriles is 1. The second kappa shape index (κ2) is 7.94. The Hall–Kier alpha value is -2.36. The van der Waals surface area contributed by atoms with E-state index in [1.165, 1.54) is 10.5 Å². The van der Waals surface area contributed by atoms with E-state index in [-0.39, 0.29) is 11.8 Å². The fraction of sp³-hybridized carbons (Fsp3) is 0.273. The molecule has 6 heteroatoms. The van der Waals surface area contributed by atoms with E-state index in [2.05, 4.69) is 54.3 Å². The van der Waals surface area contributed by atoms with Gasteiger partial charge in [0.1, 0.15) is 0 Å². The van der Waals surface area contributed by atoms with E-state index in [9.17, 15) is 10.1 Å². The fourth-order valence-corrected chi connectivity index (χ4v) is 5.18. The minimum Gasteiger partial charge on any atom is -0.344 e. The summed E-state index contributed by atoms with van der Waals surface area (Å²) in [6.45, 7) is 2.56. The maximum absolute atomic E-state index is 13.0. The van der Waals surface area contributed by atoms with Crippen LogP contribution in [0.4, 0.5) is 5.69 Å². The summed E-state index contributed by atoms with van der Waals surface area (Å²) >= 11 is 3.27. The van der Waals surface area contributed by atoms with Crippen molar-refractivity contribution in [1.82, 2.24) is 4.90 Å². The van der Waals surface area contributed by atoms with Gasteiger partial charge in [0.2, 0.25) is 5.91 Å². The molecule has 2 aliphatic rings. The average molecular weight is 408 g/mol. The van der Waals surface area contributed by atoms with Crippen LogP contribution in [0.1, 0.15) is 23.5 Å². The van der Waals surface area contributed by atoms with E-state index in [0.717, 1.165) is 22.2 Å². The molecule has 2 heterocycles. The first kappa shape index (κ1) is 19.0. The second-order valence-electron chi connectivity index (χ2n) is 6.97.